The first-order valence-corrected chi connectivity index (χ1v) is 4.28. The van der Waals surface area contributed by atoms with Gasteiger partial charge in [-0.25, -0.2) is 0 Å². The van der Waals surface area contributed by atoms with Crippen molar-refractivity contribution in [2.45, 2.75) is 0 Å². The van der Waals surface area contributed by atoms with Gasteiger partial charge in [0.2, 0.25) is 0 Å². The van der Waals surface area contributed by atoms with E-state index in [9.17, 15) is 16.8 Å². The second-order valence-electron chi connectivity index (χ2n) is 1.00. The summed E-state index contributed by atoms with van der Waals surface area (Å²) in [6.45, 7) is 0. The summed E-state index contributed by atoms with van der Waals surface area (Å²) in [5.74, 6) is 0. The molecule has 0 rings (SSSR count). The minimum Gasteiger partial charge on any atom is -0.325 e. The van der Waals surface area contributed by atoms with E-state index in [1.165, 1.54) is 0 Å². The van der Waals surface area contributed by atoms with Crippen molar-refractivity contribution in [3.05, 3.63) is 0 Å². The third-order valence-corrected chi connectivity index (χ3v) is 1.88. The van der Waals surface area contributed by atoms with Crippen LogP contribution in [0.3, 0.4) is 0 Å². The lowest BCUT2D eigenvalue weighted by Gasteiger charge is -1.96. The van der Waals surface area contributed by atoms with Gasteiger partial charge in [0.15, 0.2) is 0 Å². The summed E-state index contributed by atoms with van der Waals surface area (Å²) in [4.78, 5) is 0. The fourth-order valence-corrected chi connectivity index (χ4v) is 1.09. The maximum atomic E-state index is 9.91. The lowest BCUT2D eigenvalue weighted by atomic mass is 10.6. The molecule has 0 bridgehead atoms. The Morgan fingerprint density at radius 2 is 1.60 bits per heavy atom. The molecule has 0 aromatic carbocycles. The lowest BCUT2D eigenvalue weighted by Crippen LogP contribution is -2.13. The van der Waals surface area contributed by atoms with Gasteiger partial charge in [0.05, 0.1) is 0 Å². The molecule has 0 aliphatic carbocycles. The zero-order valence-corrected chi connectivity index (χ0v) is 5.92. The van der Waals surface area contributed by atoms with Crippen molar-refractivity contribution < 1.29 is 29.1 Å². The monoisotopic (exact) mass is 188 g/mol. The van der Waals surface area contributed by atoms with Gasteiger partial charge in [-0.3, -0.25) is 4.55 Å². The fraction of sp³-hybridized carbons (Fsp3) is 0. The number of hydrogen-bond donors (Lipinski definition) is 1. The summed E-state index contributed by atoms with van der Waals surface area (Å²) >= 11 is 0. The Hall–Kier alpha value is -0.155. The molecular formula is HBO7S2. The van der Waals surface area contributed by atoms with Crippen molar-refractivity contribution in [1.82, 2.24) is 0 Å². The van der Waals surface area contributed by atoms with Crippen LogP contribution in [0.15, 0.2) is 0 Å². The molecule has 10 heteroatoms. The van der Waals surface area contributed by atoms with Crippen LogP contribution in [0.2, 0.25) is 0 Å². The van der Waals surface area contributed by atoms with Crippen molar-refractivity contribution in [1.29, 1.82) is 0 Å². The molecule has 0 fully saturated rings. The molecular weight excluding hydrogens is 187 g/mol. The van der Waals surface area contributed by atoms with Crippen molar-refractivity contribution in [2.24, 2.45) is 0 Å². The third kappa shape index (κ3) is 4.70. The van der Waals surface area contributed by atoms with Crippen molar-refractivity contribution >= 4 is 28.8 Å². The summed E-state index contributed by atoms with van der Waals surface area (Å²) in [5, 5.41) is 0. The van der Waals surface area contributed by atoms with E-state index in [4.69, 9.17) is 4.55 Å². The highest BCUT2D eigenvalue weighted by Crippen LogP contribution is 1.97. The van der Waals surface area contributed by atoms with Crippen LogP contribution < -0.4 is 0 Å². The molecule has 0 aliphatic heterocycles. The summed E-state index contributed by atoms with van der Waals surface area (Å²) < 4.78 is 52.7. The molecule has 58 valence electrons. The largest absolute Gasteiger partial charge is 0.413 e. The first-order valence-electron chi connectivity index (χ1n) is 1.58. The predicted molar refractivity (Wildman–Crippen MR) is 28.4 cm³/mol. The van der Waals surface area contributed by atoms with Gasteiger partial charge in [0, 0.05) is 0 Å². The van der Waals surface area contributed by atoms with Crippen LogP contribution in [0, 0.1) is 0 Å². The molecule has 0 aromatic heterocycles. The van der Waals surface area contributed by atoms with E-state index < -0.39 is 20.8 Å². The molecule has 2 radical (unpaired) electrons. The van der Waals surface area contributed by atoms with Gasteiger partial charge in [-0.1, -0.05) is 0 Å². The van der Waals surface area contributed by atoms with Crippen LogP contribution >= 0.6 is 0 Å². The first kappa shape index (κ1) is 9.84. The van der Waals surface area contributed by atoms with Crippen LogP contribution in [-0.4, -0.2) is 29.4 Å². The Morgan fingerprint density at radius 1 is 1.20 bits per heavy atom. The Labute approximate surface area is 58.7 Å². The van der Waals surface area contributed by atoms with Crippen molar-refractivity contribution in [3.63, 3.8) is 0 Å². The standard InChI is InChI=1S/BHO7S2/c1-7-10(5,6)8-9(2,3)4/h(H,2,3,4). The summed E-state index contributed by atoms with van der Waals surface area (Å²) in [6.07, 6.45) is 0. The molecule has 0 saturated carbocycles. The maximum Gasteiger partial charge on any atom is 0.413 e. The highest BCUT2D eigenvalue weighted by Gasteiger charge is 2.18. The van der Waals surface area contributed by atoms with E-state index in [1.54, 1.807) is 0 Å². The highest BCUT2D eigenvalue weighted by atomic mass is 32.3. The molecule has 7 nitrogen and oxygen atoms in total. The molecule has 0 unspecified atom stereocenters. The van der Waals surface area contributed by atoms with Crippen LogP contribution in [0.25, 0.3) is 0 Å². The van der Waals surface area contributed by atoms with Crippen molar-refractivity contribution in [3.8, 4) is 0 Å². The highest BCUT2D eigenvalue weighted by molar-refractivity contribution is 7.95. The Bertz CT molecular complexity index is 280. The van der Waals surface area contributed by atoms with Gasteiger partial charge in [-0.2, -0.15) is 16.8 Å². The van der Waals surface area contributed by atoms with E-state index in [0.717, 1.165) is 0 Å². The summed E-state index contributed by atoms with van der Waals surface area (Å²) in [6, 6.07) is 0. The molecule has 0 heterocycles. The Morgan fingerprint density at radius 3 is 1.70 bits per heavy atom. The quantitative estimate of drug-likeness (QED) is 0.409. The SMILES string of the molecule is [B]OS(=O)(=O)OS(=O)(=O)O. The minimum atomic E-state index is -5.09. The molecule has 1 N–H and O–H groups in total. The zero-order chi connectivity index (χ0) is 8.41. The summed E-state index contributed by atoms with van der Waals surface area (Å²) in [5.41, 5.74) is 0. The van der Waals surface area contributed by atoms with Gasteiger partial charge in [0.1, 0.15) is 0 Å². The smallest absolute Gasteiger partial charge is 0.325 e. The third-order valence-electron chi connectivity index (χ3n) is 0.287. The van der Waals surface area contributed by atoms with Gasteiger partial charge in [-0.15, -0.1) is 3.63 Å². The molecule has 0 amide bonds. The Balaban J connectivity index is 4.49. The average molecular weight is 188 g/mol. The molecule has 0 saturated heterocycles. The van der Waals surface area contributed by atoms with Gasteiger partial charge < -0.3 is 4.10 Å². The second kappa shape index (κ2) is 2.84. The van der Waals surface area contributed by atoms with E-state index in [2.05, 4.69) is 15.8 Å². The normalized spacial score (nSPS) is 13.3. The van der Waals surface area contributed by atoms with Crippen molar-refractivity contribution in [2.75, 3.05) is 0 Å². The minimum absolute atomic E-state index is 2.93. The fourth-order valence-electron chi connectivity index (χ4n) is 0.121. The topological polar surface area (TPSA) is 107 Å². The van der Waals surface area contributed by atoms with Gasteiger partial charge in [-0.05, 0) is 0 Å². The van der Waals surface area contributed by atoms with Gasteiger partial charge in [0.25, 0.3) is 0 Å². The summed E-state index contributed by atoms with van der Waals surface area (Å²) in [7, 11) is -5.90. The molecule has 0 aliphatic rings. The van der Waals surface area contributed by atoms with Crippen LogP contribution in [0.1, 0.15) is 0 Å². The zero-order valence-electron chi connectivity index (χ0n) is 4.29. The second-order valence-corrected chi connectivity index (χ2v) is 3.41. The number of rotatable bonds is 3. The van der Waals surface area contributed by atoms with Crippen LogP contribution in [-0.2, 0) is 28.5 Å². The predicted octanol–water partition coefficient (Wildman–Crippen LogP) is -1.85. The first-order chi connectivity index (χ1) is 4.27. The van der Waals surface area contributed by atoms with E-state index in [1.807, 2.05) is 0 Å². The molecule has 0 atom stereocenters. The molecule has 10 heavy (non-hydrogen) atoms. The van der Waals surface area contributed by atoms with Crippen LogP contribution in [0.5, 0.6) is 0 Å². The van der Waals surface area contributed by atoms with Crippen LogP contribution in [0.4, 0.5) is 0 Å². The number of hydrogen-bond acceptors (Lipinski definition) is 6. The van der Waals surface area contributed by atoms with E-state index in [-0.39, 0.29) is 0 Å². The van der Waals surface area contributed by atoms with E-state index >= 15 is 0 Å². The molecule has 0 spiro atoms. The lowest BCUT2D eigenvalue weighted by molar-refractivity contribution is 0.353. The maximum absolute atomic E-state index is 9.91. The average Bonchev–Trinajstić information content (AvgIpc) is 1.60. The van der Waals surface area contributed by atoms with E-state index in [0.29, 0.717) is 0 Å². The van der Waals surface area contributed by atoms with Gasteiger partial charge >= 0.3 is 28.8 Å². The molecule has 0 aromatic rings. The Kier molecular flexibility index (Phi) is 2.80.